The van der Waals surface area contributed by atoms with Crippen molar-refractivity contribution in [2.24, 2.45) is 0 Å². The highest BCUT2D eigenvalue weighted by molar-refractivity contribution is 7.10. The van der Waals surface area contributed by atoms with Gasteiger partial charge in [0.1, 0.15) is 12.4 Å². The molecule has 2 heterocycles. The lowest BCUT2D eigenvalue weighted by Gasteiger charge is -2.06. The van der Waals surface area contributed by atoms with Crippen LogP contribution in [0.2, 0.25) is 0 Å². The molecule has 2 aromatic heterocycles. The molecule has 3 aromatic rings. The average Bonchev–Trinajstić information content (AvgIpc) is 3.10. The lowest BCUT2D eigenvalue weighted by molar-refractivity contribution is 0.305. The highest BCUT2D eigenvalue weighted by atomic mass is 32.1. The molecule has 0 saturated carbocycles. The lowest BCUT2D eigenvalue weighted by Crippen LogP contribution is -1.95. The van der Waals surface area contributed by atoms with Gasteiger partial charge in [0.15, 0.2) is 10.8 Å². The van der Waals surface area contributed by atoms with E-state index in [1.807, 2.05) is 41.8 Å². The van der Waals surface area contributed by atoms with Gasteiger partial charge in [0.25, 0.3) is 0 Å². The molecular weight excluding hydrogens is 296 g/mol. The molecule has 0 atom stereocenters. The van der Waals surface area contributed by atoms with Crippen LogP contribution >= 0.6 is 11.3 Å². The number of aromatic nitrogens is 2. The number of benzene rings is 1. The summed E-state index contributed by atoms with van der Waals surface area (Å²) < 4.78 is 5.67. The predicted molar refractivity (Wildman–Crippen MR) is 87.6 cm³/mol. The van der Waals surface area contributed by atoms with Crippen molar-refractivity contribution in [2.45, 2.75) is 6.61 Å². The Morgan fingerprint density at radius 3 is 2.68 bits per heavy atom. The van der Waals surface area contributed by atoms with E-state index in [1.54, 1.807) is 24.5 Å². The first-order chi connectivity index (χ1) is 10.8. The zero-order chi connectivity index (χ0) is 15.2. The molecule has 0 aliphatic carbocycles. The maximum atomic E-state index is 9.92. The number of aliphatic hydroxyl groups excluding tert-OH is 1. The van der Waals surface area contributed by atoms with E-state index in [4.69, 9.17) is 4.74 Å². The summed E-state index contributed by atoms with van der Waals surface area (Å²) in [5.41, 5.74) is 1.76. The van der Waals surface area contributed by atoms with Crippen LogP contribution in [-0.2, 0) is 6.61 Å². The van der Waals surface area contributed by atoms with Crippen molar-refractivity contribution >= 4 is 23.2 Å². The molecule has 0 fully saturated rings. The van der Waals surface area contributed by atoms with Crippen molar-refractivity contribution in [2.75, 3.05) is 0 Å². The van der Waals surface area contributed by atoms with Gasteiger partial charge in [0, 0.05) is 17.7 Å². The fraction of sp³-hybridized carbons (Fsp3) is 0.0588. The molecule has 22 heavy (non-hydrogen) atoms. The number of nitrogens with zero attached hydrogens (tertiary/aromatic N) is 2. The lowest BCUT2D eigenvalue weighted by atomic mass is 10.2. The van der Waals surface area contributed by atoms with Gasteiger partial charge in [-0.25, -0.2) is 4.98 Å². The summed E-state index contributed by atoms with van der Waals surface area (Å²) in [6.45, 7) is 0.502. The molecule has 1 aromatic carbocycles. The van der Waals surface area contributed by atoms with Crippen LogP contribution in [0.25, 0.3) is 11.8 Å². The van der Waals surface area contributed by atoms with Crippen molar-refractivity contribution in [3.05, 3.63) is 76.5 Å². The van der Waals surface area contributed by atoms with Gasteiger partial charge in [-0.15, -0.1) is 11.3 Å². The molecule has 0 unspecified atom stereocenters. The number of pyridine rings is 1. The van der Waals surface area contributed by atoms with Crippen molar-refractivity contribution in [1.82, 2.24) is 9.97 Å². The highest BCUT2D eigenvalue weighted by Crippen LogP contribution is 2.18. The number of aliphatic hydroxyl groups is 1. The topological polar surface area (TPSA) is 55.2 Å². The molecule has 5 heteroatoms. The smallest absolute Gasteiger partial charge is 0.158 e. The molecule has 110 valence electrons. The number of ether oxygens (including phenoxy) is 1. The quantitative estimate of drug-likeness (QED) is 0.718. The zero-order valence-corrected chi connectivity index (χ0v) is 12.5. The van der Waals surface area contributed by atoms with Gasteiger partial charge in [-0.1, -0.05) is 30.3 Å². The Bertz CT molecular complexity index is 738. The SMILES string of the molecule is O/C(=C\c1ccc(OCc2ccccc2)cn1)c1nccs1. The third-order valence-electron chi connectivity index (χ3n) is 2.94. The van der Waals surface area contributed by atoms with Crippen LogP contribution in [0, 0.1) is 0 Å². The summed E-state index contributed by atoms with van der Waals surface area (Å²) in [6, 6.07) is 13.6. The Kier molecular flexibility index (Phi) is 4.46. The Labute approximate surface area is 132 Å². The van der Waals surface area contributed by atoms with E-state index in [9.17, 15) is 5.11 Å². The van der Waals surface area contributed by atoms with Crippen molar-refractivity contribution in [3.8, 4) is 5.75 Å². The molecule has 4 nitrogen and oxygen atoms in total. The normalized spacial score (nSPS) is 11.4. The fourth-order valence-electron chi connectivity index (χ4n) is 1.86. The summed E-state index contributed by atoms with van der Waals surface area (Å²) in [4.78, 5) is 8.30. The standard InChI is InChI=1S/C17H14N2O2S/c20-16(17-18-8-9-22-17)10-14-6-7-15(11-19-14)21-12-13-4-2-1-3-5-13/h1-11,20H,12H2/b16-10-. The highest BCUT2D eigenvalue weighted by Gasteiger charge is 2.03. The van der Waals surface area contributed by atoms with E-state index in [1.165, 1.54) is 11.3 Å². The molecule has 1 N–H and O–H groups in total. The molecule has 0 saturated heterocycles. The van der Waals surface area contributed by atoms with Gasteiger partial charge >= 0.3 is 0 Å². The van der Waals surface area contributed by atoms with Crippen molar-refractivity contribution < 1.29 is 9.84 Å². The number of hydrogen-bond donors (Lipinski definition) is 1. The minimum atomic E-state index is 0.112. The van der Waals surface area contributed by atoms with Crippen LogP contribution in [0.4, 0.5) is 0 Å². The molecule has 0 aliphatic rings. The minimum Gasteiger partial charge on any atom is -0.505 e. The van der Waals surface area contributed by atoms with Crippen LogP contribution in [0.3, 0.4) is 0 Å². The molecule has 0 bridgehead atoms. The Morgan fingerprint density at radius 2 is 2.00 bits per heavy atom. The first-order valence-electron chi connectivity index (χ1n) is 6.74. The van der Waals surface area contributed by atoms with Crippen LogP contribution in [-0.4, -0.2) is 15.1 Å². The summed E-state index contributed by atoms with van der Waals surface area (Å²) in [7, 11) is 0. The summed E-state index contributed by atoms with van der Waals surface area (Å²) in [5, 5.41) is 12.3. The number of rotatable bonds is 5. The Hall–Kier alpha value is -2.66. The third kappa shape index (κ3) is 3.71. The molecule has 3 rings (SSSR count). The maximum Gasteiger partial charge on any atom is 0.158 e. The number of hydrogen-bond acceptors (Lipinski definition) is 5. The largest absolute Gasteiger partial charge is 0.505 e. The van der Waals surface area contributed by atoms with E-state index in [0.717, 1.165) is 5.56 Å². The van der Waals surface area contributed by atoms with E-state index in [2.05, 4.69) is 9.97 Å². The van der Waals surface area contributed by atoms with E-state index in [0.29, 0.717) is 23.1 Å². The van der Waals surface area contributed by atoms with Crippen LogP contribution in [0.15, 0.2) is 60.2 Å². The van der Waals surface area contributed by atoms with Gasteiger partial charge < -0.3 is 9.84 Å². The molecule has 0 amide bonds. The van der Waals surface area contributed by atoms with Gasteiger partial charge in [0.05, 0.1) is 11.9 Å². The van der Waals surface area contributed by atoms with Crippen molar-refractivity contribution in [3.63, 3.8) is 0 Å². The molecule has 0 radical (unpaired) electrons. The number of thiazole rings is 1. The van der Waals surface area contributed by atoms with Gasteiger partial charge in [0.2, 0.25) is 0 Å². The van der Waals surface area contributed by atoms with Crippen LogP contribution < -0.4 is 4.74 Å². The second-order valence-corrected chi connectivity index (χ2v) is 5.45. The minimum absolute atomic E-state index is 0.112. The second kappa shape index (κ2) is 6.87. The van der Waals surface area contributed by atoms with Gasteiger partial charge in [-0.05, 0) is 17.7 Å². The third-order valence-corrected chi connectivity index (χ3v) is 3.74. The summed E-state index contributed by atoms with van der Waals surface area (Å²) in [5.74, 6) is 0.801. The summed E-state index contributed by atoms with van der Waals surface area (Å²) >= 11 is 1.38. The first kappa shape index (κ1) is 14.3. The second-order valence-electron chi connectivity index (χ2n) is 4.56. The Balaban J connectivity index is 1.64. The van der Waals surface area contributed by atoms with Gasteiger partial charge in [-0.3, -0.25) is 4.98 Å². The summed E-state index contributed by atoms with van der Waals surface area (Å²) in [6.07, 6.45) is 4.88. The van der Waals surface area contributed by atoms with Crippen molar-refractivity contribution in [1.29, 1.82) is 0 Å². The average molecular weight is 310 g/mol. The first-order valence-corrected chi connectivity index (χ1v) is 7.62. The van der Waals surface area contributed by atoms with E-state index in [-0.39, 0.29) is 5.76 Å². The van der Waals surface area contributed by atoms with Crippen LogP contribution in [0.5, 0.6) is 5.75 Å². The van der Waals surface area contributed by atoms with Gasteiger partial charge in [-0.2, -0.15) is 0 Å². The molecule has 0 aliphatic heterocycles. The Morgan fingerprint density at radius 1 is 1.14 bits per heavy atom. The molecule has 0 spiro atoms. The molecular formula is C17H14N2O2S. The van der Waals surface area contributed by atoms with E-state index < -0.39 is 0 Å². The predicted octanol–water partition coefficient (Wildman–Crippen LogP) is 4.17. The van der Waals surface area contributed by atoms with E-state index >= 15 is 0 Å². The zero-order valence-electron chi connectivity index (χ0n) is 11.7. The fourth-order valence-corrected chi connectivity index (χ4v) is 2.41. The monoisotopic (exact) mass is 310 g/mol. The van der Waals surface area contributed by atoms with Crippen LogP contribution in [0.1, 0.15) is 16.3 Å². The maximum absolute atomic E-state index is 9.92.